The van der Waals surface area contributed by atoms with E-state index in [-0.39, 0.29) is 41.0 Å². The summed E-state index contributed by atoms with van der Waals surface area (Å²) < 4.78 is 18.6. The number of piperidine rings is 1. The normalized spacial score (nSPS) is 16.1. The summed E-state index contributed by atoms with van der Waals surface area (Å²) in [5.74, 6) is -2.39. The molecular formula is C46H49N9O9. The summed E-state index contributed by atoms with van der Waals surface area (Å²) in [4.78, 5) is 87.3. The number of hydrogen-bond acceptors (Lipinski definition) is 13. The molecule has 1 saturated heterocycles. The zero-order valence-electron chi connectivity index (χ0n) is 35.4. The van der Waals surface area contributed by atoms with Crippen LogP contribution in [0.5, 0.6) is 0 Å². The Bertz CT molecular complexity index is 2560. The van der Waals surface area contributed by atoms with Crippen molar-refractivity contribution in [2.45, 2.75) is 64.0 Å². The fourth-order valence-electron chi connectivity index (χ4n) is 7.72. The zero-order valence-corrected chi connectivity index (χ0v) is 35.4. The number of rotatable bonds is 21. The number of pyridine rings is 1. The smallest absolute Gasteiger partial charge is 0.277 e. The minimum absolute atomic E-state index is 0.0347. The average molecular weight is 872 g/mol. The number of fused-ring (bicyclic) bond motifs is 1. The number of ether oxygens (including phenoxy) is 2. The van der Waals surface area contributed by atoms with Crippen LogP contribution in [0.25, 0.3) is 17.1 Å². The number of carbonyl (C=O) groups excluding carboxylic acids is 6. The van der Waals surface area contributed by atoms with E-state index in [1.165, 1.54) is 30.0 Å². The Kier molecular flexibility index (Phi) is 13.4. The Hall–Kier alpha value is -6.89. The molecule has 5 aromatic rings. The van der Waals surface area contributed by atoms with Gasteiger partial charge in [-0.15, -0.1) is 0 Å². The number of nitrogens with zero attached hydrogens (tertiary/aromatic N) is 6. The summed E-state index contributed by atoms with van der Waals surface area (Å²) in [7, 11) is 1.99. The lowest BCUT2D eigenvalue weighted by Gasteiger charge is -2.27. The van der Waals surface area contributed by atoms with Crippen LogP contribution in [0.3, 0.4) is 0 Å². The number of primary amides is 1. The minimum atomic E-state index is -0.991. The first-order chi connectivity index (χ1) is 31.0. The molecule has 5 heterocycles. The number of oxazole rings is 1. The molecule has 1 saturated carbocycles. The summed E-state index contributed by atoms with van der Waals surface area (Å²) in [6, 6.07) is 15.5. The Morgan fingerprint density at radius 1 is 0.922 bits per heavy atom. The highest BCUT2D eigenvalue weighted by atomic mass is 16.5. The molecule has 0 radical (unpaired) electrons. The quantitative estimate of drug-likeness (QED) is 0.0697. The van der Waals surface area contributed by atoms with E-state index in [1.807, 2.05) is 37.4 Å². The van der Waals surface area contributed by atoms with Gasteiger partial charge in [0.15, 0.2) is 11.4 Å². The number of amides is 6. The number of aromatic nitrogens is 4. The standard InChI is InChI=1S/C46H49N9O9/c1-53(18-20-63-22-21-62-19-2-3-29-9-13-34-35(23-29)46(61)55(45(34)60)38-14-15-39(56)51-43(38)59)25-30-7-11-33(12-8-30)54-26-36(40(52-54)41(47)57)49-42(58)37-27-64-44(50-37)31-16-17-48-32(24-31)10-6-28-4-5-28/h7-9,11-13,16-17,23-24,26-28,38H,2-6,10,14-15,18-22,25H2,1H3,(H2,47,57)(H,49,58)(H,51,56,59). The first kappa shape index (κ1) is 43.7. The van der Waals surface area contributed by atoms with Crippen molar-refractivity contribution in [2.75, 3.05) is 45.3 Å². The summed E-state index contributed by atoms with van der Waals surface area (Å²) in [5.41, 5.74) is 10.5. The van der Waals surface area contributed by atoms with E-state index in [1.54, 1.807) is 30.5 Å². The largest absolute Gasteiger partial charge is 0.444 e. The second-order valence-corrected chi connectivity index (χ2v) is 16.3. The highest BCUT2D eigenvalue weighted by molar-refractivity contribution is 6.23. The molecule has 0 bridgehead atoms. The Balaban J connectivity index is 0.732. The van der Waals surface area contributed by atoms with Gasteiger partial charge in [0.25, 0.3) is 23.6 Å². The van der Waals surface area contributed by atoms with Crippen LogP contribution in [-0.2, 0) is 38.4 Å². The first-order valence-corrected chi connectivity index (χ1v) is 21.4. The molecule has 6 amide bonds. The van der Waals surface area contributed by atoms with Crippen LogP contribution in [0, 0.1) is 5.92 Å². The summed E-state index contributed by atoms with van der Waals surface area (Å²) in [6.45, 7) is 3.19. The SMILES string of the molecule is CN(CCOCCOCCCc1ccc2c(c1)C(=O)N(C1CCC(=O)NC1=O)C2=O)Cc1ccc(-n2cc(NC(=O)c3coc(-c4ccnc(CCC5CC5)c4)n3)c(C(N)=O)n2)cc1. The molecule has 4 N–H and O–H groups in total. The Labute approximate surface area is 368 Å². The third-order valence-corrected chi connectivity index (χ3v) is 11.4. The lowest BCUT2D eigenvalue weighted by molar-refractivity contribution is -0.136. The number of likely N-dealkylation sites (N-methyl/N-ethyl adjacent to an activating group) is 1. The maximum atomic E-state index is 13.2. The average Bonchev–Trinajstić information content (AvgIpc) is 3.70. The van der Waals surface area contributed by atoms with E-state index >= 15 is 0 Å². The van der Waals surface area contributed by atoms with E-state index in [9.17, 15) is 28.8 Å². The monoisotopic (exact) mass is 871 g/mol. The van der Waals surface area contributed by atoms with Gasteiger partial charge < -0.3 is 24.9 Å². The van der Waals surface area contributed by atoms with E-state index in [2.05, 4.69) is 30.6 Å². The van der Waals surface area contributed by atoms with Crippen LogP contribution in [0.2, 0.25) is 0 Å². The lowest BCUT2D eigenvalue weighted by atomic mass is 10.0. The molecule has 18 nitrogen and oxygen atoms in total. The molecule has 2 fully saturated rings. The topological polar surface area (TPSA) is 234 Å². The van der Waals surface area contributed by atoms with Gasteiger partial charge in [0.2, 0.25) is 17.7 Å². The van der Waals surface area contributed by atoms with E-state index in [0.29, 0.717) is 63.9 Å². The van der Waals surface area contributed by atoms with Crippen molar-refractivity contribution in [3.05, 3.63) is 113 Å². The third kappa shape index (κ3) is 10.5. The first-order valence-electron chi connectivity index (χ1n) is 21.4. The van der Waals surface area contributed by atoms with Gasteiger partial charge >= 0.3 is 0 Å². The number of aryl methyl sites for hydroxylation is 2. The number of hydrogen-bond donors (Lipinski definition) is 3. The molecule has 0 spiro atoms. The summed E-state index contributed by atoms with van der Waals surface area (Å²) in [5, 5.41) is 9.25. The number of benzene rings is 2. The molecule has 1 unspecified atom stereocenters. The molecule has 18 heteroatoms. The van der Waals surface area contributed by atoms with Crippen molar-refractivity contribution >= 4 is 41.1 Å². The lowest BCUT2D eigenvalue weighted by Crippen LogP contribution is -2.54. The van der Waals surface area contributed by atoms with Crippen LogP contribution in [0.4, 0.5) is 5.69 Å². The molecule has 64 heavy (non-hydrogen) atoms. The van der Waals surface area contributed by atoms with Crippen LogP contribution < -0.4 is 16.4 Å². The molecule has 1 atom stereocenters. The number of imide groups is 2. The molecule has 2 aliphatic heterocycles. The molecular weight excluding hydrogens is 823 g/mol. The number of nitrogens with one attached hydrogen (secondary N) is 2. The summed E-state index contributed by atoms with van der Waals surface area (Å²) in [6.07, 6.45) is 10.6. The minimum Gasteiger partial charge on any atom is -0.444 e. The zero-order chi connectivity index (χ0) is 44.7. The predicted octanol–water partition coefficient (Wildman–Crippen LogP) is 4.12. The van der Waals surface area contributed by atoms with Crippen LogP contribution in [-0.4, -0.2) is 111 Å². The fraction of sp³-hybridized carbons (Fsp3) is 0.370. The van der Waals surface area contributed by atoms with Gasteiger partial charge in [-0.2, -0.15) is 5.10 Å². The summed E-state index contributed by atoms with van der Waals surface area (Å²) >= 11 is 0. The van der Waals surface area contributed by atoms with Crippen molar-refractivity contribution in [3.63, 3.8) is 0 Å². The highest BCUT2D eigenvalue weighted by Gasteiger charge is 2.44. The van der Waals surface area contributed by atoms with Crippen LogP contribution >= 0.6 is 0 Å². The van der Waals surface area contributed by atoms with Gasteiger partial charge in [0.1, 0.15) is 12.3 Å². The number of anilines is 1. The van der Waals surface area contributed by atoms with Gasteiger partial charge in [-0.1, -0.05) is 31.0 Å². The van der Waals surface area contributed by atoms with Crippen LogP contribution in [0.1, 0.15) is 97.0 Å². The van der Waals surface area contributed by atoms with Gasteiger partial charge in [-0.25, -0.2) is 9.67 Å². The molecule has 8 rings (SSSR count). The number of nitrogens with two attached hydrogens (primary N) is 1. The Morgan fingerprint density at radius 2 is 1.69 bits per heavy atom. The molecule has 1 aliphatic carbocycles. The maximum absolute atomic E-state index is 13.2. The van der Waals surface area contributed by atoms with Crippen molar-refractivity contribution in [1.29, 1.82) is 0 Å². The van der Waals surface area contributed by atoms with Crippen molar-refractivity contribution in [3.8, 4) is 17.1 Å². The van der Waals surface area contributed by atoms with Crippen molar-refractivity contribution < 1.29 is 42.7 Å². The molecule has 3 aromatic heterocycles. The Morgan fingerprint density at radius 3 is 2.45 bits per heavy atom. The van der Waals surface area contributed by atoms with Gasteiger partial charge in [0.05, 0.1) is 48.5 Å². The predicted molar refractivity (Wildman–Crippen MR) is 230 cm³/mol. The maximum Gasteiger partial charge on any atom is 0.277 e. The highest BCUT2D eigenvalue weighted by Crippen LogP contribution is 2.34. The van der Waals surface area contributed by atoms with Crippen LogP contribution in [0.15, 0.2) is 77.7 Å². The second kappa shape index (κ2) is 19.7. The van der Waals surface area contributed by atoms with Crippen molar-refractivity contribution in [1.82, 2.24) is 34.9 Å². The van der Waals surface area contributed by atoms with Gasteiger partial charge in [0, 0.05) is 43.6 Å². The third-order valence-electron chi connectivity index (χ3n) is 11.4. The van der Waals surface area contributed by atoms with Gasteiger partial charge in [-0.05, 0) is 92.6 Å². The molecule has 332 valence electrons. The fourth-order valence-corrected chi connectivity index (χ4v) is 7.72. The van der Waals surface area contributed by atoms with E-state index in [4.69, 9.17) is 19.6 Å². The van der Waals surface area contributed by atoms with E-state index < -0.39 is 41.5 Å². The van der Waals surface area contributed by atoms with Crippen molar-refractivity contribution in [2.24, 2.45) is 11.7 Å². The number of carbonyl (C=O) groups is 6. The van der Waals surface area contributed by atoms with Gasteiger partial charge in [-0.3, -0.25) is 48.9 Å². The molecule has 3 aliphatic rings. The molecule has 2 aromatic carbocycles. The van der Waals surface area contributed by atoms with E-state index in [0.717, 1.165) is 46.0 Å². The second-order valence-electron chi connectivity index (χ2n) is 16.3.